The highest BCUT2D eigenvalue weighted by atomic mass is 32.1. The Kier molecular flexibility index (Phi) is 3.13. The minimum absolute atomic E-state index is 0.814. The minimum Gasteiger partial charge on any atom is -0.304 e. The number of nitrogens with zero attached hydrogens (tertiary/aromatic N) is 3. The first-order valence-corrected chi connectivity index (χ1v) is 6.61. The van der Waals surface area contributed by atoms with Crippen LogP contribution in [0.15, 0.2) is 41.8 Å². The maximum absolute atomic E-state index is 5.07. The molecule has 0 atom stereocenters. The largest absolute Gasteiger partial charge is 0.304 e. The molecule has 5 heteroatoms. The second-order valence-electron chi connectivity index (χ2n) is 4.48. The van der Waals surface area contributed by atoms with Gasteiger partial charge in [0.05, 0.1) is 10.7 Å². The summed E-state index contributed by atoms with van der Waals surface area (Å²) in [5, 5.41) is 4.30. The number of nitrogens with one attached hydrogen (secondary N) is 1. The van der Waals surface area contributed by atoms with Crippen LogP contribution in [0, 0.1) is 6.92 Å². The van der Waals surface area contributed by atoms with Gasteiger partial charge in [-0.15, -0.1) is 0 Å². The number of aromatic nitrogens is 2. The summed E-state index contributed by atoms with van der Waals surface area (Å²) in [5.41, 5.74) is 6.19. The van der Waals surface area contributed by atoms with Gasteiger partial charge >= 0.3 is 0 Å². The number of hydrogen-bond donors (Lipinski definition) is 1. The molecule has 2 aromatic rings. The van der Waals surface area contributed by atoms with Crippen LogP contribution in [0.25, 0.3) is 5.69 Å². The summed E-state index contributed by atoms with van der Waals surface area (Å²) in [4.78, 5) is 5.04. The summed E-state index contributed by atoms with van der Waals surface area (Å²) >= 11 is 5.07. The van der Waals surface area contributed by atoms with Crippen molar-refractivity contribution in [1.82, 2.24) is 15.0 Å². The SMILES string of the molecule is Cc1nccn1-c1ccc(C2=NNC(=S)CC2)cc1. The van der Waals surface area contributed by atoms with Crippen LogP contribution in [0.1, 0.15) is 24.2 Å². The lowest BCUT2D eigenvalue weighted by Crippen LogP contribution is -2.24. The summed E-state index contributed by atoms with van der Waals surface area (Å²) in [7, 11) is 0. The number of hydrogen-bond acceptors (Lipinski definition) is 3. The Bertz CT molecular complexity index is 640. The zero-order chi connectivity index (χ0) is 13.2. The van der Waals surface area contributed by atoms with Crippen molar-refractivity contribution in [2.45, 2.75) is 19.8 Å². The molecule has 2 heterocycles. The highest BCUT2D eigenvalue weighted by Crippen LogP contribution is 2.15. The third-order valence-corrected chi connectivity index (χ3v) is 3.50. The standard InChI is InChI=1S/C14H14N4S/c1-10-15-8-9-18(10)12-4-2-11(3-5-12)13-6-7-14(19)17-16-13/h2-5,8-9H,6-7H2,1H3,(H,17,19). The molecule has 1 aromatic heterocycles. The highest BCUT2D eigenvalue weighted by molar-refractivity contribution is 7.80. The zero-order valence-corrected chi connectivity index (χ0v) is 11.4. The predicted octanol–water partition coefficient (Wildman–Crippen LogP) is 2.60. The smallest absolute Gasteiger partial charge is 0.110 e. The summed E-state index contributed by atoms with van der Waals surface area (Å²) in [6.07, 6.45) is 5.54. The number of rotatable bonds is 2. The van der Waals surface area contributed by atoms with Crippen molar-refractivity contribution in [2.75, 3.05) is 0 Å². The summed E-state index contributed by atoms with van der Waals surface area (Å²) in [6, 6.07) is 8.34. The van der Waals surface area contributed by atoms with Gasteiger partial charge in [0.15, 0.2) is 0 Å². The van der Waals surface area contributed by atoms with Crippen molar-refractivity contribution in [1.29, 1.82) is 0 Å². The van der Waals surface area contributed by atoms with E-state index in [-0.39, 0.29) is 0 Å². The van der Waals surface area contributed by atoms with E-state index in [2.05, 4.69) is 44.3 Å². The molecule has 0 saturated carbocycles. The Morgan fingerprint density at radius 3 is 2.58 bits per heavy atom. The van der Waals surface area contributed by atoms with E-state index in [9.17, 15) is 0 Å². The van der Waals surface area contributed by atoms with E-state index in [1.54, 1.807) is 6.20 Å². The number of thiocarbonyl (C=S) groups is 1. The van der Waals surface area contributed by atoms with Crippen molar-refractivity contribution in [3.63, 3.8) is 0 Å². The van der Waals surface area contributed by atoms with E-state index in [4.69, 9.17) is 12.2 Å². The first-order valence-electron chi connectivity index (χ1n) is 6.20. The highest BCUT2D eigenvalue weighted by Gasteiger charge is 2.11. The third kappa shape index (κ3) is 2.42. The van der Waals surface area contributed by atoms with E-state index in [1.807, 2.05) is 13.1 Å². The fourth-order valence-corrected chi connectivity index (χ4v) is 2.30. The van der Waals surface area contributed by atoms with Gasteiger partial charge in [0.25, 0.3) is 0 Å². The van der Waals surface area contributed by atoms with E-state index >= 15 is 0 Å². The Morgan fingerprint density at radius 2 is 2.00 bits per heavy atom. The lowest BCUT2D eigenvalue weighted by atomic mass is 10.0. The van der Waals surface area contributed by atoms with Gasteiger partial charge in [0.1, 0.15) is 5.82 Å². The molecular weight excluding hydrogens is 256 g/mol. The van der Waals surface area contributed by atoms with E-state index in [0.717, 1.165) is 40.6 Å². The fraction of sp³-hybridized carbons (Fsp3) is 0.214. The molecule has 0 unspecified atom stereocenters. The lowest BCUT2D eigenvalue weighted by Gasteiger charge is -2.14. The molecule has 0 radical (unpaired) electrons. The van der Waals surface area contributed by atoms with Gasteiger partial charge in [-0.1, -0.05) is 24.4 Å². The fourth-order valence-electron chi connectivity index (χ4n) is 2.15. The van der Waals surface area contributed by atoms with E-state index in [1.165, 1.54) is 0 Å². The van der Waals surface area contributed by atoms with Crippen LogP contribution < -0.4 is 5.43 Å². The maximum atomic E-state index is 5.07. The molecule has 1 N–H and O–H groups in total. The van der Waals surface area contributed by atoms with Crippen LogP contribution >= 0.6 is 12.2 Å². The summed E-state index contributed by atoms with van der Waals surface area (Å²) < 4.78 is 2.06. The number of imidazole rings is 1. The molecule has 0 bridgehead atoms. The predicted molar refractivity (Wildman–Crippen MR) is 79.8 cm³/mol. The van der Waals surface area contributed by atoms with Crippen LogP contribution in [0.3, 0.4) is 0 Å². The number of aryl methyl sites for hydroxylation is 1. The van der Waals surface area contributed by atoms with Gasteiger partial charge in [0, 0.05) is 24.5 Å². The average Bonchev–Trinajstić information content (AvgIpc) is 2.86. The molecule has 0 aliphatic carbocycles. The van der Waals surface area contributed by atoms with Crippen LogP contribution in [0.2, 0.25) is 0 Å². The van der Waals surface area contributed by atoms with Gasteiger partial charge in [-0.3, -0.25) is 5.43 Å². The molecular formula is C14H14N4S. The van der Waals surface area contributed by atoms with Gasteiger partial charge in [-0.2, -0.15) is 5.10 Å². The second-order valence-corrected chi connectivity index (χ2v) is 4.98. The third-order valence-electron chi connectivity index (χ3n) is 3.21. The lowest BCUT2D eigenvalue weighted by molar-refractivity contribution is 0.926. The average molecular weight is 270 g/mol. The van der Waals surface area contributed by atoms with E-state index in [0.29, 0.717) is 0 Å². The number of benzene rings is 1. The normalized spacial score (nSPS) is 15.0. The van der Waals surface area contributed by atoms with Crippen LogP contribution in [0.5, 0.6) is 0 Å². The minimum atomic E-state index is 0.814. The van der Waals surface area contributed by atoms with Gasteiger partial charge in [-0.05, 0) is 31.0 Å². The quantitative estimate of drug-likeness (QED) is 0.853. The van der Waals surface area contributed by atoms with Gasteiger partial charge < -0.3 is 4.57 Å². The number of hydrazone groups is 1. The Balaban J connectivity index is 1.87. The molecule has 4 nitrogen and oxygen atoms in total. The van der Waals surface area contributed by atoms with Crippen molar-refractivity contribution in [3.8, 4) is 5.69 Å². The monoisotopic (exact) mass is 270 g/mol. The van der Waals surface area contributed by atoms with Gasteiger partial charge in [-0.25, -0.2) is 4.98 Å². The zero-order valence-electron chi connectivity index (χ0n) is 10.6. The Hall–Kier alpha value is -2.01. The molecule has 19 heavy (non-hydrogen) atoms. The van der Waals surface area contributed by atoms with Crippen LogP contribution in [0.4, 0.5) is 0 Å². The first kappa shape index (κ1) is 12.0. The molecule has 0 fully saturated rings. The first-order chi connectivity index (χ1) is 9.24. The van der Waals surface area contributed by atoms with Crippen molar-refractivity contribution < 1.29 is 0 Å². The molecule has 0 saturated heterocycles. The van der Waals surface area contributed by atoms with Crippen LogP contribution in [-0.4, -0.2) is 20.3 Å². The van der Waals surface area contributed by atoms with Crippen molar-refractivity contribution in [2.24, 2.45) is 5.10 Å². The molecule has 96 valence electrons. The van der Waals surface area contributed by atoms with Crippen molar-refractivity contribution >= 4 is 22.9 Å². The van der Waals surface area contributed by atoms with Crippen LogP contribution in [-0.2, 0) is 0 Å². The summed E-state index contributed by atoms with van der Waals surface area (Å²) in [5.74, 6) is 0.981. The molecule has 0 spiro atoms. The van der Waals surface area contributed by atoms with Crippen molar-refractivity contribution in [3.05, 3.63) is 48.0 Å². The summed E-state index contributed by atoms with van der Waals surface area (Å²) in [6.45, 7) is 1.99. The molecule has 0 amide bonds. The second kappa shape index (κ2) is 4.93. The van der Waals surface area contributed by atoms with Gasteiger partial charge in [0.2, 0.25) is 0 Å². The Morgan fingerprint density at radius 1 is 1.21 bits per heavy atom. The maximum Gasteiger partial charge on any atom is 0.110 e. The van der Waals surface area contributed by atoms with E-state index < -0.39 is 0 Å². The molecule has 3 rings (SSSR count). The topological polar surface area (TPSA) is 42.2 Å². The molecule has 1 aliphatic rings. The Labute approximate surface area is 117 Å². The molecule has 1 aliphatic heterocycles. The molecule has 1 aromatic carbocycles.